The standard InChI is InChI=1S/C19H24ClO4P/c1-14(18(21)23-13-19(2,3)4)12-25(20,22)24-17-11-7-9-15-8-5-6-10-16(15)17/h5-11,14H,12-13H2,1-4H3/t14-,25?/m1/s1. The van der Waals surface area contributed by atoms with Crippen molar-refractivity contribution in [2.45, 2.75) is 27.7 Å². The summed E-state index contributed by atoms with van der Waals surface area (Å²) in [5.41, 5.74) is -0.126. The minimum atomic E-state index is -3.52. The molecule has 0 amide bonds. The molecular formula is C19H24ClO4P. The van der Waals surface area contributed by atoms with Crippen molar-refractivity contribution in [2.24, 2.45) is 11.3 Å². The van der Waals surface area contributed by atoms with Crippen LogP contribution in [0.2, 0.25) is 0 Å². The molecule has 6 heteroatoms. The highest BCUT2D eigenvalue weighted by Crippen LogP contribution is 2.54. The van der Waals surface area contributed by atoms with Crippen molar-refractivity contribution in [2.75, 3.05) is 12.8 Å². The number of ether oxygens (including phenoxy) is 1. The molecule has 0 aromatic heterocycles. The fourth-order valence-corrected chi connectivity index (χ4v) is 4.47. The van der Waals surface area contributed by atoms with Gasteiger partial charge in [0.05, 0.1) is 18.7 Å². The Morgan fingerprint density at radius 1 is 1.16 bits per heavy atom. The molecule has 0 heterocycles. The van der Waals surface area contributed by atoms with Gasteiger partial charge in [-0.3, -0.25) is 9.36 Å². The van der Waals surface area contributed by atoms with E-state index in [1.54, 1.807) is 13.0 Å². The van der Waals surface area contributed by atoms with Crippen LogP contribution >= 0.6 is 18.0 Å². The Labute approximate surface area is 153 Å². The fraction of sp³-hybridized carbons (Fsp3) is 0.421. The monoisotopic (exact) mass is 382 g/mol. The average molecular weight is 383 g/mol. The summed E-state index contributed by atoms with van der Waals surface area (Å²) in [7, 11) is 0. The molecule has 0 radical (unpaired) electrons. The van der Waals surface area contributed by atoms with E-state index in [1.807, 2.05) is 57.2 Å². The smallest absolute Gasteiger partial charge is 0.337 e. The second-order valence-electron chi connectivity index (χ2n) is 7.41. The first-order valence-corrected chi connectivity index (χ1v) is 10.9. The Morgan fingerprint density at radius 3 is 2.48 bits per heavy atom. The second-order valence-corrected chi connectivity index (χ2v) is 10.7. The Hall–Kier alpha value is -1.51. The van der Waals surface area contributed by atoms with Crippen LogP contribution in [-0.2, 0) is 14.1 Å². The minimum Gasteiger partial charge on any atom is -0.465 e. The number of hydrogen-bond donors (Lipinski definition) is 0. The number of benzene rings is 2. The SMILES string of the molecule is C[C@H](CP(=O)(Cl)Oc1cccc2ccccc12)C(=O)OCC(C)(C)C. The number of hydrogen-bond acceptors (Lipinski definition) is 4. The number of halogens is 1. The van der Waals surface area contributed by atoms with E-state index in [9.17, 15) is 9.36 Å². The molecule has 1 unspecified atom stereocenters. The van der Waals surface area contributed by atoms with E-state index in [4.69, 9.17) is 20.5 Å². The highest BCUT2D eigenvalue weighted by Gasteiger charge is 2.30. The van der Waals surface area contributed by atoms with E-state index in [2.05, 4.69) is 0 Å². The number of carbonyl (C=O) groups excluding carboxylic acids is 1. The highest BCUT2D eigenvalue weighted by molar-refractivity contribution is 7.85. The van der Waals surface area contributed by atoms with Crippen molar-refractivity contribution in [3.8, 4) is 5.75 Å². The molecule has 2 aromatic carbocycles. The van der Waals surface area contributed by atoms with Gasteiger partial charge in [0.15, 0.2) is 0 Å². The van der Waals surface area contributed by atoms with Crippen LogP contribution in [0.1, 0.15) is 27.7 Å². The van der Waals surface area contributed by atoms with Gasteiger partial charge in [0.1, 0.15) is 5.75 Å². The van der Waals surface area contributed by atoms with Gasteiger partial charge < -0.3 is 9.26 Å². The topological polar surface area (TPSA) is 52.6 Å². The van der Waals surface area contributed by atoms with Crippen molar-refractivity contribution in [3.63, 3.8) is 0 Å². The Kier molecular flexibility index (Phi) is 6.18. The van der Waals surface area contributed by atoms with Crippen LogP contribution in [0.4, 0.5) is 0 Å². The van der Waals surface area contributed by atoms with Gasteiger partial charge in [0.2, 0.25) is 0 Å². The van der Waals surface area contributed by atoms with Crippen LogP contribution in [0.15, 0.2) is 42.5 Å². The van der Waals surface area contributed by atoms with Crippen molar-refractivity contribution >= 4 is 34.7 Å². The lowest BCUT2D eigenvalue weighted by molar-refractivity contribution is -0.149. The first-order chi connectivity index (χ1) is 11.6. The van der Waals surface area contributed by atoms with Crippen molar-refractivity contribution in [1.82, 2.24) is 0 Å². The summed E-state index contributed by atoms with van der Waals surface area (Å²) < 4.78 is 23.5. The lowest BCUT2D eigenvalue weighted by atomic mass is 9.99. The van der Waals surface area contributed by atoms with Crippen LogP contribution < -0.4 is 4.52 Å². The number of rotatable bonds is 6. The molecular weight excluding hydrogens is 359 g/mol. The van der Waals surface area contributed by atoms with Gasteiger partial charge in [-0.2, -0.15) is 0 Å². The van der Waals surface area contributed by atoms with Gasteiger partial charge in [-0.25, -0.2) is 0 Å². The van der Waals surface area contributed by atoms with Gasteiger partial charge in [0, 0.05) is 5.39 Å². The lowest BCUT2D eigenvalue weighted by Gasteiger charge is -2.21. The fourth-order valence-electron chi connectivity index (χ4n) is 2.29. The van der Waals surface area contributed by atoms with Crippen LogP contribution in [0.5, 0.6) is 5.75 Å². The van der Waals surface area contributed by atoms with Crippen LogP contribution in [0.25, 0.3) is 10.8 Å². The maximum absolute atomic E-state index is 12.7. The van der Waals surface area contributed by atoms with Gasteiger partial charge in [-0.1, -0.05) is 64.1 Å². The number of esters is 1. The summed E-state index contributed by atoms with van der Waals surface area (Å²) in [6.45, 7) is 4.34. The van der Waals surface area contributed by atoms with E-state index in [-0.39, 0.29) is 11.6 Å². The normalized spacial score (nSPS) is 15.4. The van der Waals surface area contributed by atoms with E-state index in [0.29, 0.717) is 12.4 Å². The van der Waals surface area contributed by atoms with Gasteiger partial charge in [-0.05, 0) is 28.1 Å². The molecule has 4 nitrogen and oxygen atoms in total. The van der Waals surface area contributed by atoms with Crippen LogP contribution in [0, 0.1) is 11.3 Å². The average Bonchev–Trinajstić information content (AvgIpc) is 2.51. The zero-order valence-electron chi connectivity index (χ0n) is 15.0. The molecule has 0 bridgehead atoms. The molecule has 0 saturated heterocycles. The first-order valence-electron chi connectivity index (χ1n) is 8.20. The summed E-state index contributed by atoms with van der Waals surface area (Å²) in [5, 5.41) is 1.79. The molecule has 0 saturated carbocycles. The first kappa shape index (κ1) is 19.8. The zero-order valence-corrected chi connectivity index (χ0v) is 16.6. The van der Waals surface area contributed by atoms with E-state index >= 15 is 0 Å². The maximum Gasteiger partial charge on any atom is 0.337 e. The summed E-state index contributed by atoms with van der Waals surface area (Å²) >= 11 is 6.13. The molecule has 0 aliphatic rings. The summed E-state index contributed by atoms with van der Waals surface area (Å²) in [6.07, 6.45) is -0.0826. The van der Waals surface area contributed by atoms with Gasteiger partial charge in [0.25, 0.3) is 0 Å². The third-order valence-corrected chi connectivity index (χ3v) is 5.60. The number of fused-ring (bicyclic) bond motifs is 1. The largest absolute Gasteiger partial charge is 0.465 e. The zero-order chi connectivity index (χ0) is 18.7. The molecule has 0 spiro atoms. The molecule has 0 N–H and O–H groups in total. The van der Waals surface area contributed by atoms with Crippen LogP contribution in [0.3, 0.4) is 0 Å². The third kappa shape index (κ3) is 6.05. The summed E-state index contributed by atoms with van der Waals surface area (Å²) in [4.78, 5) is 12.1. The Morgan fingerprint density at radius 2 is 1.80 bits per heavy atom. The molecule has 2 atom stereocenters. The molecule has 0 aliphatic heterocycles. The molecule has 25 heavy (non-hydrogen) atoms. The lowest BCUT2D eigenvalue weighted by Crippen LogP contribution is -2.24. The maximum atomic E-state index is 12.7. The van der Waals surface area contributed by atoms with Gasteiger partial charge in [-0.15, -0.1) is 0 Å². The van der Waals surface area contributed by atoms with E-state index < -0.39 is 18.6 Å². The quantitative estimate of drug-likeness (QED) is 0.462. The predicted octanol–water partition coefficient (Wildman–Crippen LogP) is 5.88. The molecule has 136 valence electrons. The molecule has 0 aliphatic carbocycles. The molecule has 2 rings (SSSR count). The summed E-state index contributed by atoms with van der Waals surface area (Å²) in [5.74, 6) is -0.579. The van der Waals surface area contributed by atoms with Crippen molar-refractivity contribution in [3.05, 3.63) is 42.5 Å². The number of carbonyl (C=O) groups is 1. The van der Waals surface area contributed by atoms with E-state index in [1.165, 1.54) is 0 Å². The van der Waals surface area contributed by atoms with E-state index in [0.717, 1.165) is 10.8 Å². The highest BCUT2D eigenvalue weighted by atomic mass is 35.7. The second kappa shape index (κ2) is 7.80. The minimum absolute atomic E-state index is 0.0826. The van der Waals surface area contributed by atoms with Gasteiger partial charge >= 0.3 is 12.7 Å². The third-order valence-electron chi connectivity index (χ3n) is 3.53. The predicted molar refractivity (Wildman–Crippen MR) is 102 cm³/mol. The molecule has 0 fully saturated rings. The Balaban J connectivity index is 2.06. The summed E-state index contributed by atoms with van der Waals surface area (Å²) in [6, 6.07) is 13.1. The van der Waals surface area contributed by atoms with Crippen LogP contribution in [-0.4, -0.2) is 18.7 Å². The van der Waals surface area contributed by atoms with Crippen molar-refractivity contribution < 1.29 is 18.6 Å². The van der Waals surface area contributed by atoms with Crippen molar-refractivity contribution in [1.29, 1.82) is 0 Å². The molecule has 2 aromatic rings. The Bertz CT molecular complexity index is 792.